The Balaban J connectivity index is 1.78. The Labute approximate surface area is 127 Å². The van der Waals surface area contributed by atoms with E-state index in [1.165, 1.54) is 25.7 Å². The summed E-state index contributed by atoms with van der Waals surface area (Å²) >= 11 is 0. The minimum absolute atomic E-state index is 0.0839. The number of ether oxygens (including phenoxy) is 1. The van der Waals surface area contributed by atoms with Gasteiger partial charge in [0.25, 0.3) is 0 Å². The molecule has 1 N–H and O–H groups in total. The van der Waals surface area contributed by atoms with Crippen molar-refractivity contribution in [3.63, 3.8) is 0 Å². The average molecular weight is 290 g/mol. The molecular formula is C17H26N2O2. The Kier molecular flexibility index (Phi) is 6.05. The van der Waals surface area contributed by atoms with E-state index in [1.807, 2.05) is 24.3 Å². The van der Waals surface area contributed by atoms with Gasteiger partial charge in [0, 0.05) is 24.7 Å². The van der Waals surface area contributed by atoms with E-state index >= 15 is 0 Å². The van der Waals surface area contributed by atoms with Crippen molar-refractivity contribution in [2.45, 2.75) is 45.1 Å². The van der Waals surface area contributed by atoms with Gasteiger partial charge in [-0.25, -0.2) is 0 Å². The molecule has 21 heavy (non-hydrogen) atoms. The van der Waals surface area contributed by atoms with E-state index in [1.54, 1.807) is 7.11 Å². The second-order valence-electron chi connectivity index (χ2n) is 5.62. The highest BCUT2D eigenvalue weighted by molar-refractivity contribution is 5.90. The number of hydrogen-bond acceptors (Lipinski definition) is 3. The molecule has 1 heterocycles. The average Bonchev–Trinajstić information content (AvgIpc) is 2.54. The van der Waals surface area contributed by atoms with Crippen LogP contribution < -0.4 is 10.1 Å². The molecule has 1 aliphatic rings. The highest BCUT2D eigenvalue weighted by atomic mass is 16.5. The highest BCUT2D eigenvalue weighted by Crippen LogP contribution is 2.20. The summed E-state index contributed by atoms with van der Waals surface area (Å²) in [6.07, 6.45) is 5.60. The van der Waals surface area contributed by atoms with Gasteiger partial charge in [-0.2, -0.15) is 0 Å². The molecule has 1 atom stereocenters. The molecule has 1 unspecified atom stereocenters. The Morgan fingerprint density at radius 1 is 1.33 bits per heavy atom. The van der Waals surface area contributed by atoms with Gasteiger partial charge in [0.1, 0.15) is 5.75 Å². The van der Waals surface area contributed by atoms with Crippen molar-refractivity contribution in [3.8, 4) is 5.75 Å². The Hall–Kier alpha value is -1.55. The SMILES string of the molecule is CCC1CCCCN1CCC(=O)Nc1ccc(OC)cc1. The van der Waals surface area contributed by atoms with Crippen molar-refractivity contribution >= 4 is 11.6 Å². The molecule has 4 nitrogen and oxygen atoms in total. The smallest absolute Gasteiger partial charge is 0.225 e. The van der Waals surface area contributed by atoms with Crippen LogP contribution in [0.1, 0.15) is 39.0 Å². The van der Waals surface area contributed by atoms with E-state index in [9.17, 15) is 4.79 Å². The molecule has 1 amide bonds. The summed E-state index contributed by atoms with van der Waals surface area (Å²) in [5.41, 5.74) is 0.825. The molecule has 1 fully saturated rings. The lowest BCUT2D eigenvalue weighted by Crippen LogP contribution is -2.40. The summed E-state index contributed by atoms with van der Waals surface area (Å²) in [6, 6.07) is 8.10. The lowest BCUT2D eigenvalue weighted by molar-refractivity contribution is -0.116. The van der Waals surface area contributed by atoms with E-state index in [2.05, 4.69) is 17.1 Å². The topological polar surface area (TPSA) is 41.6 Å². The van der Waals surface area contributed by atoms with E-state index in [-0.39, 0.29) is 5.91 Å². The van der Waals surface area contributed by atoms with Gasteiger partial charge < -0.3 is 10.1 Å². The van der Waals surface area contributed by atoms with Crippen LogP contribution in [0.2, 0.25) is 0 Å². The van der Waals surface area contributed by atoms with Gasteiger partial charge in [-0.1, -0.05) is 13.3 Å². The zero-order chi connectivity index (χ0) is 15.1. The predicted molar refractivity (Wildman–Crippen MR) is 85.7 cm³/mol. The maximum absolute atomic E-state index is 12.0. The van der Waals surface area contributed by atoms with Crippen molar-refractivity contribution in [2.75, 3.05) is 25.5 Å². The number of piperidine rings is 1. The number of methoxy groups -OCH3 is 1. The predicted octanol–water partition coefficient (Wildman–Crippen LogP) is 3.29. The molecule has 0 aromatic heterocycles. The summed E-state index contributed by atoms with van der Waals surface area (Å²) in [4.78, 5) is 14.5. The van der Waals surface area contributed by atoms with Gasteiger partial charge in [-0.05, 0) is 50.1 Å². The monoisotopic (exact) mass is 290 g/mol. The number of hydrogen-bond donors (Lipinski definition) is 1. The summed E-state index contributed by atoms with van der Waals surface area (Å²) < 4.78 is 5.11. The minimum Gasteiger partial charge on any atom is -0.497 e. The number of nitrogens with one attached hydrogen (secondary N) is 1. The van der Waals surface area contributed by atoms with Crippen LogP contribution in [-0.2, 0) is 4.79 Å². The van der Waals surface area contributed by atoms with E-state index in [0.717, 1.165) is 24.5 Å². The third-order valence-corrected chi connectivity index (χ3v) is 4.22. The van der Waals surface area contributed by atoms with Gasteiger partial charge in [0.05, 0.1) is 7.11 Å². The number of nitrogens with zero attached hydrogens (tertiary/aromatic N) is 1. The van der Waals surface area contributed by atoms with Gasteiger partial charge in [-0.15, -0.1) is 0 Å². The quantitative estimate of drug-likeness (QED) is 0.874. The number of carbonyl (C=O) groups excluding carboxylic acids is 1. The second kappa shape index (κ2) is 8.03. The first-order valence-corrected chi connectivity index (χ1v) is 7.91. The Bertz CT molecular complexity index is 445. The van der Waals surface area contributed by atoms with Crippen LogP contribution >= 0.6 is 0 Å². The van der Waals surface area contributed by atoms with Gasteiger partial charge >= 0.3 is 0 Å². The molecule has 0 radical (unpaired) electrons. The van der Waals surface area contributed by atoms with Gasteiger partial charge in [0.15, 0.2) is 0 Å². The third-order valence-electron chi connectivity index (χ3n) is 4.22. The molecule has 0 aliphatic carbocycles. The molecule has 1 aromatic rings. The molecule has 0 bridgehead atoms. The van der Waals surface area contributed by atoms with Crippen LogP contribution in [-0.4, -0.2) is 37.0 Å². The molecule has 0 saturated carbocycles. The summed E-state index contributed by atoms with van der Waals surface area (Å²) in [7, 11) is 1.64. The molecule has 0 spiro atoms. The lowest BCUT2D eigenvalue weighted by atomic mass is 10.00. The van der Waals surface area contributed by atoms with Crippen LogP contribution in [0.3, 0.4) is 0 Å². The molecule has 4 heteroatoms. The number of carbonyl (C=O) groups is 1. The van der Waals surface area contributed by atoms with Gasteiger partial charge in [-0.3, -0.25) is 9.69 Å². The van der Waals surface area contributed by atoms with E-state index < -0.39 is 0 Å². The number of benzene rings is 1. The molecule has 1 saturated heterocycles. The summed E-state index contributed by atoms with van der Waals surface area (Å²) in [6.45, 7) is 4.23. The number of anilines is 1. The summed E-state index contributed by atoms with van der Waals surface area (Å²) in [5, 5.41) is 2.94. The maximum atomic E-state index is 12.0. The normalized spacial score (nSPS) is 19.2. The molecule has 1 aliphatic heterocycles. The minimum atomic E-state index is 0.0839. The Morgan fingerprint density at radius 2 is 2.10 bits per heavy atom. The first-order chi connectivity index (χ1) is 10.2. The van der Waals surface area contributed by atoms with Crippen LogP contribution in [0.4, 0.5) is 5.69 Å². The summed E-state index contributed by atoms with van der Waals surface area (Å²) in [5.74, 6) is 0.882. The van der Waals surface area contributed by atoms with Crippen LogP contribution in [0.15, 0.2) is 24.3 Å². The molecule has 116 valence electrons. The third kappa shape index (κ3) is 4.74. The zero-order valence-electron chi connectivity index (χ0n) is 13.1. The lowest BCUT2D eigenvalue weighted by Gasteiger charge is -2.35. The van der Waals surface area contributed by atoms with Crippen LogP contribution in [0, 0.1) is 0 Å². The molecular weight excluding hydrogens is 264 g/mol. The fourth-order valence-corrected chi connectivity index (χ4v) is 2.96. The first kappa shape index (κ1) is 15.8. The van der Waals surface area contributed by atoms with E-state index in [4.69, 9.17) is 4.74 Å². The zero-order valence-corrected chi connectivity index (χ0v) is 13.1. The van der Waals surface area contributed by atoms with Crippen molar-refractivity contribution in [2.24, 2.45) is 0 Å². The molecule has 2 rings (SSSR count). The van der Waals surface area contributed by atoms with Crippen molar-refractivity contribution in [1.82, 2.24) is 4.90 Å². The second-order valence-corrected chi connectivity index (χ2v) is 5.62. The van der Waals surface area contributed by atoms with Crippen LogP contribution in [0.5, 0.6) is 5.75 Å². The largest absolute Gasteiger partial charge is 0.497 e. The van der Waals surface area contributed by atoms with E-state index in [0.29, 0.717) is 12.5 Å². The molecule has 1 aromatic carbocycles. The maximum Gasteiger partial charge on any atom is 0.225 e. The Morgan fingerprint density at radius 3 is 2.76 bits per heavy atom. The number of likely N-dealkylation sites (tertiary alicyclic amines) is 1. The number of amides is 1. The van der Waals surface area contributed by atoms with Crippen molar-refractivity contribution < 1.29 is 9.53 Å². The van der Waals surface area contributed by atoms with Crippen molar-refractivity contribution in [1.29, 1.82) is 0 Å². The standard InChI is InChI=1S/C17H26N2O2/c1-3-15-6-4-5-12-19(15)13-11-17(20)18-14-7-9-16(21-2)10-8-14/h7-10,15H,3-6,11-13H2,1-2H3,(H,18,20). The highest BCUT2D eigenvalue weighted by Gasteiger charge is 2.20. The first-order valence-electron chi connectivity index (χ1n) is 7.91. The fourth-order valence-electron chi connectivity index (χ4n) is 2.96. The number of rotatable bonds is 6. The van der Waals surface area contributed by atoms with Crippen LogP contribution in [0.25, 0.3) is 0 Å². The van der Waals surface area contributed by atoms with Gasteiger partial charge in [0.2, 0.25) is 5.91 Å². The fraction of sp³-hybridized carbons (Fsp3) is 0.588. The van der Waals surface area contributed by atoms with Crippen molar-refractivity contribution in [3.05, 3.63) is 24.3 Å².